The maximum Gasteiger partial charge on any atom is 0.263 e. The lowest BCUT2D eigenvalue weighted by Crippen LogP contribution is -2.48. The van der Waals surface area contributed by atoms with Crippen LogP contribution in [-0.4, -0.2) is 63.1 Å². The molecule has 0 aliphatic carbocycles. The highest BCUT2D eigenvalue weighted by Crippen LogP contribution is 2.22. The highest BCUT2D eigenvalue weighted by atomic mass is 32.2. The Morgan fingerprint density at radius 1 is 1.24 bits per heavy atom. The molecule has 25 heavy (non-hydrogen) atoms. The SMILES string of the molecule is CN/N=C(N)\N=C\N1CCN(S(=O)(=O)c2ccc(C(F)F)cc2)CC1. The number of piperazine rings is 1. The molecule has 0 amide bonds. The molecule has 0 spiro atoms. The number of sulfonamides is 1. The van der Waals surface area contributed by atoms with Crippen molar-refractivity contribution in [1.82, 2.24) is 14.6 Å². The third-order valence-electron chi connectivity index (χ3n) is 3.62. The summed E-state index contributed by atoms with van der Waals surface area (Å²) in [5, 5.41) is 3.68. The monoisotopic (exact) mass is 374 g/mol. The fourth-order valence-electron chi connectivity index (χ4n) is 2.28. The van der Waals surface area contributed by atoms with Crippen molar-refractivity contribution in [2.75, 3.05) is 33.2 Å². The van der Waals surface area contributed by atoms with E-state index in [0.29, 0.717) is 13.1 Å². The molecule has 0 aromatic heterocycles. The summed E-state index contributed by atoms with van der Waals surface area (Å²) in [6.07, 6.45) is -1.11. The van der Waals surface area contributed by atoms with Gasteiger partial charge in [0.2, 0.25) is 16.0 Å². The molecule has 1 aromatic carbocycles. The second-order valence-corrected chi connectivity index (χ2v) is 7.19. The van der Waals surface area contributed by atoms with E-state index in [1.807, 2.05) is 4.90 Å². The minimum absolute atomic E-state index is 0.00409. The third kappa shape index (κ3) is 4.86. The van der Waals surface area contributed by atoms with Gasteiger partial charge in [-0.15, -0.1) is 5.10 Å². The maximum absolute atomic E-state index is 12.6. The van der Waals surface area contributed by atoms with Gasteiger partial charge in [0, 0.05) is 38.8 Å². The largest absolute Gasteiger partial charge is 0.367 e. The van der Waals surface area contributed by atoms with Crippen LogP contribution in [0.15, 0.2) is 39.3 Å². The molecule has 1 saturated heterocycles. The summed E-state index contributed by atoms with van der Waals surface area (Å²) in [6, 6.07) is 4.67. The molecule has 1 heterocycles. The Balaban J connectivity index is 2.00. The number of hydrogen-bond acceptors (Lipinski definition) is 4. The van der Waals surface area contributed by atoms with E-state index in [2.05, 4.69) is 15.5 Å². The Kier molecular flexibility index (Phi) is 6.26. The van der Waals surface area contributed by atoms with Gasteiger partial charge in [-0.2, -0.15) is 4.31 Å². The number of aliphatic imine (C=N–C) groups is 1. The maximum atomic E-state index is 12.6. The normalized spacial score (nSPS) is 17.4. The van der Waals surface area contributed by atoms with Gasteiger partial charge in [-0.05, 0) is 12.1 Å². The number of rotatable bonds is 5. The molecule has 0 atom stereocenters. The van der Waals surface area contributed by atoms with Crippen LogP contribution in [0.1, 0.15) is 12.0 Å². The fraction of sp³-hybridized carbons (Fsp3) is 0.429. The first kappa shape index (κ1) is 19.1. The van der Waals surface area contributed by atoms with Gasteiger partial charge in [0.25, 0.3) is 6.43 Å². The average Bonchev–Trinajstić information content (AvgIpc) is 2.60. The minimum atomic E-state index is -3.71. The van der Waals surface area contributed by atoms with E-state index in [1.54, 1.807) is 7.05 Å². The van der Waals surface area contributed by atoms with Crippen LogP contribution >= 0.6 is 0 Å². The summed E-state index contributed by atoms with van der Waals surface area (Å²) >= 11 is 0. The van der Waals surface area contributed by atoms with Crippen LogP contribution in [0.4, 0.5) is 8.78 Å². The van der Waals surface area contributed by atoms with Crippen molar-refractivity contribution in [3.05, 3.63) is 29.8 Å². The number of guanidine groups is 1. The van der Waals surface area contributed by atoms with Crippen LogP contribution in [0, 0.1) is 0 Å². The lowest BCUT2D eigenvalue weighted by molar-refractivity contribution is 0.151. The molecule has 138 valence electrons. The molecular weight excluding hydrogens is 354 g/mol. The number of hydrogen-bond donors (Lipinski definition) is 2. The molecule has 11 heteroatoms. The van der Waals surface area contributed by atoms with E-state index in [-0.39, 0.29) is 29.5 Å². The predicted molar refractivity (Wildman–Crippen MR) is 90.9 cm³/mol. The van der Waals surface area contributed by atoms with Gasteiger partial charge in [-0.1, -0.05) is 12.1 Å². The average molecular weight is 374 g/mol. The number of benzene rings is 1. The summed E-state index contributed by atoms with van der Waals surface area (Å²) in [6.45, 7) is 1.39. The number of halogens is 2. The zero-order valence-electron chi connectivity index (χ0n) is 13.6. The van der Waals surface area contributed by atoms with E-state index in [4.69, 9.17) is 5.73 Å². The van der Waals surface area contributed by atoms with E-state index in [1.165, 1.54) is 22.8 Å². The highest BCUT2D eigenvalue weighted by molar-refractivity contribution is 7.89. The molecule has 3 N–H and O–H groups in total. The van der Waals surface area contributed by atoms with Crippen molar-refractivity contribution in [2.24, 2.45) is 15.8 Å². The second-order valence-electron chi connectivity index (χ2n) is 5.25. The fourth-order valence-corrected chi connectivity index (χ4v) is 3.70. The van der Waals surface area contributed by atoms with Gasteiger partial charge < -0.3 is 16.1 Å². The molecule has 0 radical (unpaired) electrons. The molecule has 8 nitrogen and oxygen atoms in total. The number of nitrogens with zero attached hydrogens (tertiary/aromatic N) is 4. The van der Waals surface area contributed by atoms with Crippen molar-refractivity contribution in [3.8, 4) is 0 Å². The summed E-state index contributed by atoms with van der Waals surface area (Å²) in [5.41, 5.74) is 7.81. The lowest BCUT2D eigenvalue weighted by Gasteiger charge is -2.32. The quantitative estimate of drug-likeness (QED) is 0.441. The van der Waals surface area contributed by atoms with Crippen LogP contribution in [0.2, 0.25) is 0 Å². The van der Waals surface area contributed by atoms with Crippen molar-refractivity contribution in [3.63, 3.8) is 0 Å². The van der Waals surface area contributed by atoms with Crippen molar-refractivity contribution < 1.29 is 17.2 Å². The smallest absolute Gasteiger partial charge is 0.263 e. The molecule has 1 fully saturated rings. The zero-order chi connectivity index (χ0) is 18.4. The van der Waals surface area contributed by atoms with Crippen LogP contribution in [-0.2, 0) is 10.0 Å². The molecule has 1 aliphatic heterocycles. The van der Waals surface area contributed by atoms with Crippen molar-refractivity contribution >= 4 is 22.3 Å². The summed E-state index contributed by atoms with van der Waals surface area (Å²) in [4.78, 5) is 5.76. The molecule has 0 bridgehead atoms. The number of nitrogens with one attached hydrogen (secondary N) is 1. The Bertz CT molecular complexity index is 728. The van der Waals surface area contributed by atoms with Crippen LogP contribution in [0.5, 0.6) is 0 Å². The topological polar surface area (TPSA) is 103 Å². The standard InChI is InChI=1S/C14H20F2N6O2S/c1-18-20-14(17)19-10-21-6-8-22(9-7-21)25(23,24)12-4-2-11(3-5-12)13(15)16/h2-5,10,13,18H,6-9H2,1H3,(H2,17,20)/b19-10+. The van der Waals surface area contributed by atoms with E-state index in [9.17, 15) is 17.2 Å². The Morgan fingerprint density at radius 2 is 1.84 bits per heavy atom. The molecular formula is C14H20F2N6O2S. The zero-order valence-corrected chi connectivity index (χ0v) is 14.5. The number of nitrogens with two attached hydrogens (primary N) is 1. The van der Waals surface area contributed by atoms with Gasteiger partial charge >= 0.3 is 0 Å². The third-order valence-corrected chi connectivity index (χ3v) is 5.54. The molecule has 0 unspecified atom stereocenters. The minimum Gasteiger partial charge on any atom is -0.367 e. The van der Waals surface area contributed by atoms with Crippen LogP contribution in [0.3, 0.4) is 0 Å². The van der Waals surface area contributed by atoms with E-state index in [0.717, 1.165) is 12.1 Å². The van der Waals surface area contributed by atoms with Gasteiger partial charge in [-0.25, -0.2) is 22.2 Å². The van der Waals surface area contributed by atoms with Gasteiger partial charge in [-0.3, -0.25) is 0 Å². The Morgan fingerprint density at radius 3 is 2.36 bits per heavy atom. The first-order valence-electron chi connectivity index (χ1n) is 7.51. The van der Waals surface area contributed by atoms with Crippen LogP contribution < -0.4 is 11.2 Å². The van der Waals surface area contributed by atoms with E-state index >= 15 is 0 Å². The van der Waals surface area contributed by atoms with Crippen molar-refractivity contribution in [1.29, 1.82) is 0 Å². The van der Waals surface area contributed by atoms with E-state index < -0.39 is 16.4 Å². The van der Waals surface area contributed by atoms with Gasteiger partial charge in [0.1, 0.15) is 0 Å². The first-order valence-corrected chi connectivity index (χ1v) is 8.95. The molecule has 1 aliphatic rings. The summed E-state index contributed by atoms with van der Waals surface area (Å²) in [5.74, 6) is 0.0664. The van der Waals surface area contributed by atoms with Crippen LogP contribution in [0.25, 0.3) is 0 Å². The Labute approximate surface area is 145 Å². The van der Waals surface area contributed by atoms with Gasteiger partial charge in [0.15, 0.2) is 0 Å². The number of hydrazone groups is 1. The molecule has 2 rings (SSSR count). The Hall–Kier alpha value is -2.27. The molecule has 0 saturated carbocycles. The summed E-state index contributed by atoms with van der Waals surface area (Å²) in [7, 11) is -2.11. The summed E-state index contributed by atoms with van der Waals surface area (Å²) < 4.78 is 51.6. The molecule has 1 aromatic rings. The van der Waals surface area contributed by atoms with Gasteiger partial charge in [0.05, 0.1) is 11.2 Å². The highest BCUT2D eigenvalue weighted by Gasteiger charge is 2.28. The number of alkyl halides is 2. The van der Waals surface area contributed by atoms with Crippen molar-refractivity contribution in [2.45, 2.75) is 11.3 Å². The predicted octanol–water partition coefficient (Wildman–Crippen LogP) is 0.408. The first-order chi connectivity index (χ1) is 11.8. The second kappa shape index (κ2) is 8.21. The lowest BCUT2D eigenvalue weighted by atomic mass is 10.2.